The molecule has 0 bridgehead atoms. The number of nitrogens with zero attached hydrogens (tertiary/aromatic N) is 2. The van der Waals surface area contributed by atoms with E-state index >= 15 is 0 Å². The first-order valence-electron chi connectivity index (χ1n) is 6.73. The SMILES string of the molecule is CN1CCCN(C)C(C(O)CCC2CC2)C1. The van der Waals surface area contributed by atoms with Gasteiger partial charge in [-0.2, -0.15) is 0 Å². The summed E-state index contributed by atoms with van der Waals surface area (Å²) in [6.45, 7) is 3.30. The van der Waals surface area contributed by atoms with Crippen LogP contribution in [0.15, 0.2) is 0 Å². The summed E-state index contributed by atoms with van der Waals surface area (Å²) in [5.74, 6) is 0.934. The fraction of sp³-hybridized carbons (Fsp3) is 1.00. The maximum Gasteiger partial charge on any atom is 0.0707 e. The summed E-state index contributed by atoms with van der Waals surface area (Å²) in [6, 6.07) is 0.339. The largest absolute Gasteiger partial charge is 0.391 e. The zero-order chi connectivity index (χ0) is 11.5. The molecule has 0 spiro atoms. The van der Waals surface area contributed by atoms with Gasteiger partial charge in [0.15, 0.2) is 0 Å². The second-order valence-corrected chi connectivity index (χ2v) is 5.75. The van der Waals surface area contributed by atoms with Gasteiger partial charge < -0.3 is 10.0 Å². The van der Waals surface area contributed by atoms with Crippen LogP contribution in [0.25, 0.3) is 0 Å². The Morgan fingerprint density at radius 2 is 2.00 bits per heavy atom. The fourth-order valence-electron chi connectivity index (χ4n) is 2.73. The molecule has 0 aromatic rings. The molecule has 1 saturated carbocycles. The van der Waals surface area contributed by atoms with Crippen LogP contribution in [0.5, 0.6) is 0 Å². The summed E-state index contributed by atoms with van der Waals surface area (Å²) < 4.78 is 0. The Bertz CT molecular complexity index is 218. The molecular weight excluding hydrogens is 200 g/mol. The Balaban J connectivity index is 1.82. The molecule has 2 unspecified atom stereocenters. The van der Waals surface area contributed by atoms with Gasteiger partial charge in [-0.1, -0.05) is 12.8 Å². The quantitative estimate of drug-likeness (QED) is 0.779. The number of aliphatic hydroxyl groups excluding tert-OH is 1. The summed E-state index contributed by atoms with van der Waals surface area (Å²) in [7, 11) is 4.32. The molecule has 94 valence electrons. The molecule has 0 aromatic heterocycles. The highest BCUT2D eigenvalue weighted by molar-refractivity contribution is 4.84. The zero-order valence-corrected chi connectivity index (χ0v) is 10.7. The van der Waals surface area contributed by atoms with Crippen molar-refractivity contribution in [1.82, 2.24) is 9.80 Å². The van der Waals surface area contributed by atoms with Crippen LogP contribution >= 0.6 is 0 Å². The lowest BCUT2D eigenvalue weighted by molar-refractivity contribution is 0.0495. The van der Waals surface area contributed by atoms with Crippen molar-refractivity contribution in [3.05, 3.63) is 0 Å². The lowest BCUT2D eigenvalue weighted by Crippen LogP contribution is -2.46. The van der Waals surface area contributed by atoms with Crippen molar-refractivity contribution in [2.75, 3.05) is 33.7 Å². The Kier molecular flexibility index (Phi) is 4.22. The number of hydrogen-bond acceptors (Lipinski definition) is 3. The van der Waals surface area contributed by atoms with Crippen molar-refractivity contribution in [2.45, 2.75) is 44.2 Å². The summed E-state index contributed by atoms with van der Waals surface area (Å²) >= 11 is 0. The summed E-state index contributed by atoms with van der Waals surface area (Å²) in [5, 5.41) is 10.3. The molecule has 3 heteroatoms. The van der Waals surface area contributed by atoms with Crippen LogP contribution in [0.1, 0.15) is 32.1 Å². The highest BCUT2D eigenvalue weighted by Gasteiger charge is 2.29. The lowest BCUT2D eigenvalue weighted by atomic mass is 10.0. The van der Waals surface area contributed by atoms with E-state index < -0.39 is 0 Å². The molecule has 1 aliphatic heterocycles. The maximum absolute atomic E-state index is 10.3. The van der Waals surface area contributed by atoms with E-state index in [1.807, 2.05) is 0 Å². The molecule has 1 aliphatic carbocycles. The average Bonchev–Trinajstić information content (AvgIpc) is 3.05. The van der Waals surface area contributed by atoms with Gasteiger partial charge in [-0.25, -0.2) is 0 Å². The predicted molar refractivity (Wildman–Crippen MR) is 66.5 cm³/mol. The van der Waals surface area contributed by atoms with E-state index in [0.717, 1.165) is 32.0 Å². The van der Waals surface area contributed by atoms with Crippen molar-refractivity contribution in [1.29, 1.82) is 0 Å². The Hall–Kier alpha value is -0.120. The van der Waals surface area contributed by atoms with Crippen molar-refractivity contribution < 1.29 is 5.11 Å². The summed E-state index contributed by atoms with van der Waals surface area (Å²) in [5.41, 5.74) is 0. The smallest absolute Gasteiger partial charge is 0.0707 e. The lowest BCUT2D eigenvalue weighted by Gasteiger charge is -2.31. The molecule has 2 rings (SSSR count). The van der Waals surface area contributed by atoms with Gasteiger partial charge in [0.05, 0.1) is 6.10 Å². The maximum atomic E-state index is 10.3. The molecule has 2 atom stereocenters. The van der Waals surface area contributed by atoms with Gasteiger partial charge in [-0.3, -0.25) is 4.90 Å². The molecule has 3 nitrogen and oxygen atoms in total. The normalized spacial score (nSPS) is 31.3. The third kappa shape index (κ3) is 3.44. The van der Waals surface area contributed by atoms with E-state index in [1.165, 1.54) is 25.7 Å². The molecule has 2 fully saturated rings. The highest BCUT2D eigenvalue weighted by atomic mass is 16.3. The zero-order valence-electron chi connectivity index (χ0n) is 10.7. The van der Waals surface area contributed by atoms with Gasteiger partial charge in [0.2, 0.25) is 0 Å². The van der Waals surface area contributed by atoms with Crippen molar-refractivity contribution >= 4 is 0 Å². The number of aliphatic hydroxyl groups is 1. The van der Waals surface area contributed by atoms with Crippen LogP contribution in [-0.4, -0.2) is 60.8 Å². The molecule has 0 aromatic carbocycles. The third-order valence-corrected chi connectivity index (χ3v) is 4.13. The van der Waals surface area contributed by atoms with Gasteiger partial charge in [0.1, 0.15) is 0 Å². The molecule has 1 saturated heterocycles. The molecule has 0 radical (unpaired) electrons. The van der Waals surface area contributed by atoms with Crippen LogP contribution in [0, 0.1) is 5.92 Å². The van der Waals surface area contributed by atoms with Gasteiger partial charge in [0, 0.05) is 12.6 Å². The fourth-order valence-corrected chi connectivity index (χ4v) is 2.73. The van der Waals surface area contributed by atoms with Crippen LogP contribution in [0.2, 0.25) is 0 Å². The van der Waals surface area contributed by atoms with Crippen LogP contribution in [0.3, 0.4) is 0 Å². The molecule has 16 heavy (non-hydrogen) atoms. The minimum atomic E-state index is -0.133. The third-order valence-electron chi connectivity index (χ3n) is 4.13. The van der Waals surface area contributed by atoms with Gasteiger partial charge in [-0.15, -0.1) is 0 Å². The summed E-state index contributed by atoms with van der Waals surface area (Å²) in [6.07, 6.45) is 6.10. The van der Waals surface area contributed by atoms with E-state index in [0.29, 0.717) is 6.04 Å². The van der Waals surface area contributed by atoms with Crippen LogP contribution < -0.4 is 0 Å². The number of rotatable bonds is 4. The minimum Gasteiger partial charge on any atom is -0.391 e. The van der Waals surface area contributed by atoms with Crippen molar-refractivity contribution in [3.8, 4) is 0 Å². The van der Waals surface area contributed by atoms with E-state index in [9.17, 15) is 5.11 Å². The molecule has 1 heterocycles. The molecule has 2 aliphatic rings. The van der Waals surface area contributed by atoms with Crippen LogP contribution in [-0.2, 0) is 0 Å². The van der Waals surface area contributed by atoms with E-state index in [-0.39, 0.29) is 6.10 Å². The van der Waals surface area contributed by atoms with Gasteiger partial charge >= 0.3 is 0 Å². The Morgan fingerprint density at radius 3 is 2.69 bits per heavy atom. The van der Waals surface area contributed by atoms with Gasteiger partial charge in [-0.05, 0) is 52.4 Å². The van der Waals surface area contributed by atoms with E-state index in [4.69, 9.17) is 0 Å². The van der Waals surface area contributed by atoms with E-state index in [2.05, 4.69) is 23.9 Å². The first kappa shape index (κ1) is 12.3. The minimum absolute atomic E-state index is 0.133. The molecule has 1 N–H and O–H groups in total. The van der Waals surface area contributed by atoms with E-state index in [1.54, 1.807) is 0 Å². The number of likely N-dealkylation sites (N-methyl/N-ethyl adjacent to an activating group) is 2. The highest BCUT2D eigenvalue weighted by Crippen LogP contribution is 2.34. The Morgan fingerprint density at radius 1 is 1.25 bits per heavy atom. The molecule has 0 amide bonds. The average molecular weight is 226 g/mol. The second kappa shape index (κ2) is 5.48. The Labute approximate surface area is 99.4 Å². The van der Waals surface area contributed by atoms with Crippen molar-refractivity contribution in [2.24, 2.45) is 5.92 Å². The molecular formula is C13H26N2O. The van der Waals surface area contributed by atoms with Crippen LogP contribution in [0.4, 0.5) is 0 Å². The monoisotopic (exact) mass is 226 g/mol. The first-order chi connectivity index (χ1) is 7.66. The van der Waals surface area contributed by atoms with Crippen molar-refractivity contribution in [3.63, 3.8) is 0 Å². The standard InChI is InChI=1S/C13H26N2O/c1-14-8-3-9-15(2)12(10-14)13(16)7-6-11-4-5-11/h11-13,16H,3-10H2,1-2H3. The number of hydrogen-bond donors (Lipinski definition) is 1. The summed E-state index contributed by atoms with van der Waals surface area (Å²) in [4.78, 5) is 4.70. The topological polar surface area (TPSA) is 26.7 Å². The van der Waals surface area contributed by atoms with Gasteiger partial charge in [0.25, 0.3) is 0 Å². The first-order valence-corrected chi connectivity index (χ1v) is 6.73. The second-order valence-electron chi connectivity index (χ2n) is 5.75. The predicted octanol–water partition coefficient (Wildman–Crippen LogP) is 1.17.